The normalized spacial score (nSPS) is 10.6. The Morgan fingerprint density at radius 1 is 1.05 bits per heavy atom. The molecule has 0 atom stereocenters. The van der Waals surface area contributed by atoms with Crippen LogP contribution in [0.1, 0.15) is 5.56 Å². The van der Waals surface area contributed by atoms with Gasteiger partial charge >= 0.3 is 0 Å². The Hall–Kier alpha value is -2.62. The van der Waals surface area contributed by atoms with E-state index in [9.17, 15) is 0 Å². The Kier molecular flexibility index (Phi) is 2.76. The number of rotatable bonds is 2. The van der Waals surface area contributed by atoms with Gasteiger partial charge in [0.15, 0.2) is 0 Å². The maximum Gasteiger partial charge on any atom is 0.127 e. The molecule has 2 heterocycles. The van der Waals surface area contributed by atoms with E-state index in [-0.39, 0.29) is 0 Å². The Balaban J connectivity index is 2.10. The second kappa shape index (κ2) is 4.57. The van der Waals surface area contributed by atoms with Crippen LogP contribution in [0.5, 0.6) is 0 Å². The van der Waals surface area contributed by atoms with E-state index >= 15 is 0 Å². The number of nitrogens with two attached hydrogens (primary N) is 1. The summed E-state index contributed by atoms with van der Waals surface area (Å²) in [6, 6.07) is 13.8. The molecule has 3 aromatic rings. The number of benzene rings is 1. The highest BCUT2D eigenvalue weighted by atomic mass is 15.3. The first-order valence-electron chi connectivity index (χ1n) is 6.07. The van der Waals surface area contributed by atoms with Gasteiger partial charge in [-0.1, -0.05) is 24.3 Å². The number of anilines is 1. The van der Waals surface area contributed by atoms with Gasteiger partial charge in [-0.25, -0.2) is 4.68 Å². The van der Waals surface area contributed by atoms with Crippen molar-refractivity contribution in [2.24, 2.45) is 0 Å². The lowest BCUT2D eigenvalue weighted by Crippen LogP contribution is -2.01. The third-order valence-electron chi connectivity index (χ3n) is 3.07. The molecule has 0 aliphatic rings. The summed E-state index contributed by atoms with van der Waals surface area (Å²) in [6.07, 6.45) is 3.45. The zero-order valence-corrected chi connectivity index (χ0v) is 10.6. The standard InChI is InChI=1S/C15H14N4/c1-11-4-2-3-5-13(11)14-10-15(16)19(18-14)12-6-8-17-9-7-12/h2-10H,16H2,1H3. The Bertz CT molecular complexity index is 701. The summed E-state index contributed by atoms with van der Waals surface area (Å²) in [4.78, 5) is 4.00. The molecule has 2 aromatic heterocycles. The second-order valence-electron chi connectivity index (χ2n) is 4.39. The Morgan fingerprint density at radius 2 is 1.79 bits per heavy atom. The van der Waals surface area contributed by atoms with Crippen molar-refractivity contribution in [3.05, 3.63) is 60.4 Å². The molecule has 0 amide bonds. The van der Waals surface area contributed by atoms with Gasteiger partial charge in [0.2, 0.25) is 0 Å². The number of hydrogen-bond acceptors (Lipinski definition) is 3. The average Bonchev–Trinajstić information content (AvgIpc) is 2.82. The summed E-state index contributed by atoms with van der Waals surface area (Å²) < 4.78 is 1.73. The van der Waals surface area contributed by atoms with Crippen LogP contribution in [0.25, 0.3) is 16.9 Å². The monoisotopic (exact) mass is 250 g/mol. The van der Waals surface area contributed by atoms with Crippen LogP contribution >= 0.6 is 0 Å². The lowest BCUT2D eigenvalue weighted by Gasteiger charge is -2.03. The maximum absolute atomic E-state index is 6.04. The van der Waals surface area contributed by atoms with E-state index < -0.39 is 0 Å². The second-order valence-corrected chi connectivity index (χ2v) is 4.39. The number of aryl methyl sites for hydroxylation is 1. The number of nitrogen functional groups attached to an aromatic ring is 1. The summed E-state index contributed by atoms with van der Waals surface area (Å²) in [5.41, 5.74) is 10.1. The molecule has 3 rings (SSSR count). The molecule has 0 unspecified atom stereocenters. The zero-order valence-electron chi connectivity index (χ0n) is 10.6. The molecule has 0 saturated carbocycles. The average molecular weight is 250 g/mol. The van der Waals surface area contributed by atoms with Crippen LogP contribution in [0.15, 0.2) is 54.9 Å². The van der Waals surface area contributed by atoms with Crippen molar-refractivity contribution in [2.75, 3.05) is 5.73 Å². The largest absolute Gasteiger partial charge is 0.384 e. The molecule has 4 nitrogen and oxygen atoms in total. The van der Waals surface area contributed by atoms with Crippen molar-refractivity contribution in [2.45, 2.75) is 6.92 Å². The van der Waals surface area contributed by atoms with Crippen molar-refractivity contribution >= 4 is 5.82 Å². The van der Waals surface area contributed by atoms with Gasteiger partial charge in [0, 0.05) is 24.0 Å². The summed E-state index contributed by atoms with van der Waals surface area (Å²) in [6.45, 7) is 2.07. The highest BCUT2D eigenvalue weighted by molar-refractivity contribution is 5.66. The van der Waals surface area contributed by atoms with Crippen molar-refractivity contribution in [3.63, 3.8) is 0 Å². The fourth-order valence-electron chi connectivity index (χ4n) is 2.08. The molecule has 0 spiro atoms. The van der Waals surface area contributed by atoms with Gasteiger partial charge in [-0.05, 0) is 24.6 Å². The van der Waals surface area contributed by atoms with Crippen LogP contribution in [0.3, 0.4) is 0 Å². The van der Waals surface area contributed by atoms with Gasteiger partial charge in [0.25, 0.3) is 0 Å². The minimum atomic E-state index is 0.615. The van der Waals surface area contributed by atoms with Gasteiger partial charge in [0.05, 0.1) is 11.4 Å². The lowest BCUT2D eigenvalue weighted by atomic mass is 10.1. The van der Waals surface area contributed by atoms with E-state index in [0.717, 1.165) is 16.9 Å². The van der Waals surface area contributed by atoms with E-state index in [1.165, 1.54) is 5.56 Å². The summed E-state index contributed by atoms with van der Waals surface area (Å²) in [5, 5.41) is 4.58. The van der Waals surface area contributed by atoms with E-state index in [1.807, 2.05) is 36.4 Å². The van der Waals surface area contributed by atoms with Crippen LogP contribution < -0.4 is 5.73 Å². The summed E-state index contributed by atoms with van der Waals surface area (Å²) in [7, 11) is 0. The molecule has 0 radical (unpaired) electrons. The van der Waals surface area contributed by atoms with Crippen LogP contribution in [-0.2, 0) is 0 Å². The van der Waals surface area contributed by atoms with E-state index in [4.69, 9.17) is 5.73 Å². The molecule has 4 heteroatoms. The fourth-order valence-corrected chi connectivity index (χ4v) is 2.08. The van der Waals surface area contributed by atoms with E-state index in [2.05, 4.69) is 23.1 Å². The minimum Gasteiger partial charge on any atom is -0.384 e. The molecule has 94 valence electrons. The first-order valence-corrected chi connectivity index (χ1v) is 6.07. The van der Waals surface area contributed by atoms with Crippen LogP contribution in [0, 0.1) is 6.92 Å². The molecule has 2 N–H and O–H groups in total. The molecule has 19 heavy (non-hydrogen) atoms. The van der Waals surface area contributed by atoms with E-state index in [1.54, 1.807) is 17.1 Å². The number of pyridine rings is 1. The van der Waals surface area contributed by atoms with Gasteiger partial charge in [0.1, 0.15) is 5.82 Å². The predicted molar refractivity (Wildman–Crippen MR) is 75.9 cm³/mol. The van der Waals surface area contributed by atoms with Gasteiger partial charge in [-0.3, -0.25) is 4.98 Å². The van der Waals surface area contributed by atoms with E-state index in [0.29, 0.717) is 5.82 Å². The minimum absolute atomic E-state index is 0.615. The quantitative estimate of drug-likeness (QED) is 0.760. The third kappa shape index (κ3) is 2.08. The van der Waals surface area contributed by atoms with Gasteiger partial charge in [-0.15, -0.1) is 0 Å². The lowest BCUT2D eigenvalue weighted by molar-refractivity contribution is 0.891. The first kappa shape index (κ1) is 11.5. The maximum atomic E-state index is 6.04. The Morgan fingerprint density at radius 3 is 2.53 bits per heavy atom. The van der Waals surface area contributed by atoms with Gasteiger partial charge < -0.3 is 5.73 Å². The van der Waals surface area contributed by atoms with Crippen LogP contribution in [-0.4, -0.2) is 14.8 Å². The molecule has 0 aliphatic heterocycles. The highest BCUT2D eigenvalue weighted by Crippen LogP contribution is 2.25. The SMILES string of the molecule is Cc1ccccc1-c1cc(N)n(-c2ccncc2)n1. The first-order chi connectivity index (χ1) is 9.25. The Labute approximate surface area is 111 Å². The topological polar surface area (TPSA) is 56.7 Å². The summed E-state index contributed by atoms with van der Waals surface area (Å²) in [5.74, 6) is 0.615. The molecule has 0 fully saturated rings. The highest BCUT2D eigenvalue weighted by Gasteiger charge is 2.09. The zero-order chi connectivity index (χ0) is 13.2. The van der Waals surface area contributed by atoms with Crippen molar-refractivity contribution < 1.29 is 0 Å². The smallest absolute Gasteiger partial charge is 0.127 e. The molecule has 0 saturated heterocycles. The molecule has 0 bridgehead atoms. The van der Waals surface area contributed by atoms with Crippen molar-refractivity contribution in [3.8, 4) is 16.9 Å². The van der Waals surface area contributed by atoms with Crippen LogP contribution in [0.2, 0.25) is 0 Å². The van der Waals surface area contributed by atoms with Crippen molar-refractivity contribution in [1.29, 1.82) is 0 Å². The van der Waals surface area contributed by atoms with Crippen LogP contribution in [0.4, 0.5) is 5.82 Å². The number of nitrogens with zero attached hydrogens (tertiary/aromatic N) is 3. The fraction of sp³-hybridized carbons (Fsp3) is 0.0667. The number of hydrogen-bond donors (Lipinski definition) is 1. The molecular weight excluding hydrogens is 236 g/mol. The molecule has 0 aliphatic carbocycles. The van der Waals surface area contributed by atoms with Gasteiger partial charge in [-0.2, -0.15) is 5.10 Å². The molecular formula is C15H14N4. The molecule has 1 aromatic carbocycles. The predicted octanol–water partition coefficient (Wildman–Crippen LogP) is 2.82. The third-order valence-corrected chi connectivity index (χ3v) is 3.07. The number of aromatic nitrogens is 3. The summed E-state index contributed by atoms with van der Waals surface area (Å²) >= 11 is 0. The van der Waals surface area contributed by atoms with Crippen molar-refractivity contribution in [1.82, 2.24) is 14.8 Å².